The number of hydrogen-bond donors (Lipinski definition) is 2. The van der Waals surface area contributed by atoms with E-state index >= 15 is 0 Å². The number of amides is 1. The second-order valence-corrected chi connectivity index (χ2v) is 5.71. The molecule has 16 heavy (non-hydrogen) atoms. The normalized spacial score (nSPS) is 14.7. The van der Waals surface area contributed by atoms with Crippen LogP contribution < -0.4 is 11.1 Å². The summed E-state index contributed by atoms with van der Waals surface area (Å²) in [5.41, 5.74) is 4.98. The van der Waals surface area contributed by atoms with Crippen molar-refractivity contribution in [1.82, 2.24) is 5.32 Å². The summed E-state index contributed by atoms with van der Waals surface area (Å²) in [6.45, 7) is 11.8. The van der Waals surface area contributed by atoms with Crippen LogP contribution in [0, 0.1) is 5.41 Å². The van der Waals surface area contributed by atoms with Gasteiger partial charge in [0, 0.05) is 11.6 Å². The van der Waals surface area contributed by atoms with E-state index in [1.165, 1.54) is 0 Å². The van der Waals surface area contributed by atoms with Gasteiger partial charge in [0.25, 0.3) is 0 Å². The van der Waals surface area contributed by atoms with Crippen molar-refractivity contribution in [3.8, 4) is 0 Å². The van der Waals surface area contributed by atoms with Gasteiger partial charge in [-0.2, -0.15) is 0 Å². The lowest BCUT2D eigenvalue weighted by molar-refractivity contribution is -0.133. The van der Waals surface area contributed by atoms with E-state index in [0.717, 1.165) is 19.3 Å². The molecule has 0 fully saturated rings. The van der Waals surface area contributed by atoms with Gasteiger partial charge in [0.15, 0.2) is 0 Å². The molecule has 0 radical (unpaired) electrons. The molecule has 0 bridgehead atoms. The zero-order chi connectivity index (χ0) is 13.0. The molecule has 1 amide bonds. The standard InChI is InChI=1S/C13H28N2O/c1-7-9-10(8-2)15-11(16)12(3,4)13(5,6)14/h10H,7-9,14H2,1-6H3,(H,15,16). The van der Waals surface area contributed by atoms with Crippen molar-refractivity contribution in [2.24, 2.45) is 11.1 Å². The quantitative estimate of drug-likeness (QED) is 0.733. The maximum atomic E-state index is 12.2. The molecule has 0 aliphatic heterocycles. The first kappa shape index (κ1) is 15.4. The van der Waals surface area contributed by atoms with Crippen LogP contribution in [0.25, 0.3) is 0 Å². The molecule has 0 saturated heterocycles. The Morgan fingerprint density at radius 2 is 1.75 bits per heavy atom. The third-order valence-electron chi connectivity index (χ3n) is 3.64. The fourth-order valence-corrected chi connectivity index (χ4v) is 1.39. The van der Waals surface area contributed by atoms with Gasteiger partial charge in [-0.3, -0.25) is 4.79 Å². The van der Waals surface area contributed by atoms with E-state index in [9.17, 15) is 4.79 Å². The topological polar surface area (TPSA) is 55.1 Å². The van der Waals surface area contributed by atoms with Crippen molar-refractivity contribution in [1.29, 1.82) is 0 Å². The fourth-order valence-electron chi connectivity index (χ4n) is 1.39. The van der Waals surface area contributed by atoms with Gasteiger partial charge >= 0.3 is 0 Å². The third kappa shape index (κ3) is 3.78. The van der Waals surface area contributed by atoms with Crippen LogP contribution >= 0.6 is 0 Å². The second-order valence-electron chi connectivity index (χ2n) is 5.71. The first-order valence-corrected chi connectivity index (χ1v) is 6.26. The van der Waals surface area contributed by atoms with Crippen LogP contribution in [0.3, 0.4) is 0 Å². The minimum absolute atomic E-state index is 0.0558. The number of rotatable bonds is 6. The lowest BCUT2D eigenvalue weighted by Gasteiger charge is -2.38. The molecule has 0 spiro atoms. The number of nitrogens with one attached hydrogen (secondary N) is 1. The minimum atomic E-state index is -0.547. The molecule has 0 rings (SSSR count). The van der Waals surface area contributed by atoms with E-state index in [2.05, 4.69) is 19.2 Å². The Hall–Kier alpha value is -0.570. The highest BCUT2D eigenvalue weighted by Gasteiger charge is 2.40. The minimum Gasteiger partial charge on any atom is -0.353 e. The van der Waals surface area contributed by atoms with Gasteiger partial charge in [0.1, 0.15) is 0 Å². The van der Waals surface area contributed by atoms with Crippen LogP contribution in [0.2, 0.25) is 0 Å². The van der Waals surface area contributed by atoms with Crippen molar-refractivity contribution in [2.45, 2.75) is 72.4 Å². The molecule has 0 saturated carbocycles. The zero-order valence-electron chi connectivity index (χ0n) is 11.7. The molecule has 0 aromatic carbocycles. The molecule has 3 nitrogen and oxygen atoms in total. The summed E-state index contributed by atoms with van der Waals surface area (Å²) in [7, 11) is 0. The van der Waals surface area contributed by atoms with Crippen LogP contribution in [0.5, 0.6) is 0 Å². The smallest absolute Gasteiger partial charge is 0.227 e. The van der Waals surface area contributed by atoms with Gasteiger partial charge in [-0.15, -0.1) is 0 Å². The van der Waals surface area contributed by atoms with E-state index in [1.807, 2.05) is 27.7 Å². The first-order valence-electron chi connectivity index (χ1n) is 6.26. The lowest BCUT2D eigenvalue weighted by atomic mass is 9.74. The monoisotopic (exact) mass is 228 g/mol. The molecule has 0 aromatic heterocycles. The Morgan fingerprint density at radius 3 is 2.06 bits per heavy atom. The largest absolute Gasteiger partial charge is 0.353 e. The maximum absolute atomic E-state index is 12.2. The van der Waals surface area contributed by atoms with Gasteiger partial charge in [-0.25, -0.2) is 0 Å². The van der Waals surface area contributed by atoms with Gasteiger partial charge in [-0.05, 0) is 40.5 Å². The van der Waals surface area contributed by atoms with Crippen molar-refractivity contribution in [3.63, 3.8) is 0 Å². The van der Waals surface area contributed by atoms with E-state index in [1.54, 1.807) is 0 Å². The van der Waals surface area contributed by atoms with Gasteiger partial charge in [0.2, 0.25) is 5.91 Å². The van der Waals surface area contributed by atoms with Gasteiger partial charge in [0.05, 0.1) is 5.41 Å². The summed E-state index contributed by atoms with van der Waals surface area (Å²) in [5.74, 6) is 0.0558. The molecule has 0 aliphatic carbocycles. The number of carbonyl (C=O) groups excluding carboxylic acids is 1. The predicted molar refractivity (Wildman–Crippen MR) is 69.2 cm³/mol. The maximum Gasteiger partial charge on any atom is 0.227 e. The number of hydrogen-bond acceptors (Lipinski definition) is 2. The highest BCUT2D eigenvalue weighted by molar-refractivity contribution is 5.83. The van der Waals surface area contributed by atoms with Crippen molar-refractivity contribution in [3.05, 3.63) is 0 Å². The first-order chi connectivity index (χ1) is 7.16. The van der Waals surface area contributed by atoms with Crippen LogP contribution in [-0.4, -0.2) is 17.5 Å². The molecule has 0 aromatic rings. The van der Waals surface area contributed by atoms with E-state index in [0.29, 0.717) is 0 Å². The highest BCUT2D eigenvalue weighted by Crippen LogP contribution is 2.28. The van der Waals surface area contributed by atoms with Crippen molar-refractivity contribution < 1.29 is 4.79 Å². The summed E-state index contributed by atoms with van der Waals surface area (Å²) < 4.78 is 0. The second kappa shape index (κ2) is 5.67. The summed E-state index contributed by atoms with van der Waals surface area (Å²) in [5, 5.41) is 3.10. The van der Waals surface area contributed by atoms with Crippen LogP contribution in [0.1, 0.15) is 60.8 Å². The molecule has 1 unspecified atom stereocenters. The molecule has 0 heterocycles. The van der Waals surface area contributed by atoms with E-state index < -0.39 is 11.0 Å². The summed E-state index contributed by atoms with van der Waals surface area (Å²) in [6, 6.07) is 0.277. The van der Waals surface area contributed by atoms with Crippen LogP contribution in [-0.2, 0) is 4.79 Å². The Balaban J connectivity index is 4.56. The Labute approximate surface area is 100 Å². The van der Waals surface area contributed by atoms with Crippen LogP contribution in [0.15, 0.2) is 0 Å². The summed E-state index contributed by atoms with van der Waals surface area (Å²) in [6.07, 6.45) is 3.09. The molecule has 96 valence electrons. The zero-order valence-corrected chi connectivity index (χ0v) is 11.7. The fraction of sp³-hybridized carbons (Fsp3) is 0.923. The van der Waals surface area contributed by atoms with Crippen molar-refractivity contribution in [2.75, 3.05) is 0 Å². The SMILES string of the molecule is CCCC(CC)NC(=O)C(C)(C)C(C)(C)N. The molecular formula is C13H28N2O. The summed E-state index contributed by atoms with van der Waals surface area (Å²) >= 11 is 0. The van der Waals surface area contributed by atoms with Crippen molar-refractivity contribution >= 4 is 5.91 Å². The van der Waals surface area contributed by atoms with E-state index in [-0.39, 0.29) is 11.9 Å². The highest BCUT2D eigenvalue weighted by atomic mass is 16.2. The average molecular weight is 228 g/mol. The average Bonchev–Trinajstić information content (AvgIpc) is 2.15. The molecule has 1 atom stereocenters. The molecule has 3 N–H and O–H groups in total. The molecule has 0 aliphatic rings. The van der Waals surface area contributed by atoms with Gasteiger partial charge < -0.3 is 11.1 Å². The Morgan fingerprint density at radius 1 is 1.25 bits per heavy atom. The lowest BCUT2D eigenvalue weighted by Crippen LogP contribution is -2.57. The van der Waals surface area contributed by atoms with E-state index in [4.69, 9.17) is 5.73 Å². The number of carbonyl (C=O) groups is 1. The number of nitrogens with two attached hydrogens (primary N) is 1. The third-order valence-corrected chi connectivity index (χ3v) is 3.64. The van der Waals surface area contributed by atoms with Crippen LogP contribution in [0.4, 0.5) is 0 Å². The molecule has 3 heteroatoms. The van der Waals surface area contributed by atoms with Gasteiger partial charge in [-0.1, -0.05) is 20.3 Å². The Bertz CT molecular complexity index is 229. The Kier molecular flexibility index (Phi) is 5.47. The summed E-state index contributed by atoms with van der Waals surface area (Å²) in [4.78, 5) is 12.2. The molecular weight excluding hydrogens is 200 g/mol. The predicted octanol–water partition coefficient (Wildman–Crippen LogP) is 2.44.